The summed E-state index contributed by atoms with van der Waals surface area (Å²) in [6.45, 7) is 4.26. The van der Waals surface area contributed by atoms with Crippen LogP contribution in [0.4, 0.5) is 5.69 Å². The van der Waals surface area contributed by atoms with E-state index in [0.29, 0.717) is 13.1 Å². The van der Waals surface area contributed by atoms with E-state index in [0.717, 1.165) is 39.0 Å². The molecule has 5 nitrogen and oxygen atoms in total. The Labute approximate surface area is 125 Å². The first kappa shape index (κ1) is 13.9. The number of para-hydroxylation sites is 1. The van der Waals surface area contributed by atoms with Gasteiger partial charge in [-0.25, -0.2) is 0 Å². The molecule has 2 fully saturated rings. The van der Waals surface area contributed by atoms with Gasteiger partial charge in [0.05, 0.1) is 0 Å². The van der Waals surface area contributed by atoms with Crippen molar-refractivity contribution in [3.63, 3.8) is 0 Å². The average molecular weight is 287 g/mol. The molecular formula is C16H21N3O2. The van der Waals surface area contributed by atoms with Crippen molar-refractivity contribution in [2.24, 2.45) is 0 Å². The van der Waals surface area contributed by atoms with Crippen LogP contribution in [-0.4, -0.2) is 60.9 Å². The van der Waals surface area contributed by atoms with Gasteiger partial charge >= 0.3 is 11.8 Å². The molecule has 112 valence electrons. The van der Waals surface area contributed by atoms with Crippen LogP contribution in [0.3, 0.4) is 0 Å². The first-order valence-electron chi connectivity index (χ1n) is 7.64. The highest BCUT2D eigenvalue weighted by Gasteiger charge is 2.30. The van der Waals surface area contributed by atoms with Gasteiger partial charge in [-0.3, -0.25) is 9.59 Å². The molecule has 0 radical (unpaired) electrons. The van der Waals surface area contributed by atoms with Gasteiger partial charge in [0, 0.05) is 45.0 Å². The molecule has 2 aliphatic heterocycles. The van der Waals surface area contributed by atoms with Gasteiger partial charge in [0.25, 0.3) is 0 Å². The van der Waals surface area contributed by atoms with Crippen molar-refractivity contribution in [1.82, 2.24) is 9.80 Å². The maximum atomic E-state index is 12.2. The molecule has 2 amide bonds. The summed E-state index contributed by atoms with van der Waals surface area (Å²) in [7, 11) is 0. The number of nitrogens with zero attached hydrogens (tertiary/aromatic N) is 3. The van der Waals surface area contributed by atoms with Gasteiger partial charge in [-0.15, -0.1) is 0 Å². The lowest BCUT2D eigenvalue weighted by Gasteiger charge is -2.36. The zero-order chi connectivity index (χ0) is 14.7. The van der Waals surface area contributed by atoms with E-state index in [-0.39, 0.29) is 11.8 Å². The van der Waals surface area contributed by atoms with Crippen LogP contribution in [0.15, 0.2) is 30.3 Å². The van der Waals surface area contributed by atoms with Gasteiger partial charge in [0.2, 0.25) is 0 Å². The van der Waals surface area contributed by atoms with Crippen molar-refractivity contribution < 1.29 is 9.59 Å². The van der Waals surface area contributed by atoms with Gasteiger partial charge < -0.3 is 14.7 Å². The van der Waals surface area contributed by atoms with Crippen LogP contribution in [-0.2, 0) is 9.59 Å². The first-order valence-corrected chi connectivity index (χ1v) is 7.64. The van der Waals surface area contributed by atoms with Crippen LogP contribution in [0.1, 0.15) is 12.8 Å². The van der Waals surface area contributed by atoms with Gasteiger partial charge in [0.15, 0.2) is 0 Å². The van der Waals surface area contributed by atoms with E-state index in [2.05, 4.69) is 17.0 Å². The Balaban J connectivity index is 1.55. The van der Waals surface area contributed by atoms with Crippen molar-refractivity contribution in [3.8, 4) is 0 Å². The second-order valence-corrected chi connectivity index (χ2v) is 5.61. The fourth-order valence-electron chi connectivity index (χ4n) is 3.00. The SMILES string of the molecule is O=C(C(=O)N1CCN(c2ccccc2)CC1)N1CCCC1. The largest absolute Gasteiger partial charge is 0.368 e. The van der Waals surface area contributed by atoms with Crippen molar-refractivity contribution in [1.29, 1.82) is 0 Å². The third-order valence-corrected chi connectivity index (χ3v) is 4.26. The predicted molar refractivity (Wildman–Crippen MR) is 81.0 cm³/mol. The molecule has 21 heavy (non-hydrogen) atoms. The Hall–Kier alpha value is -2.04. The Kier molecular flexibility index (Phi) is 4.08. The third-order valence-electron chi connectivity index (χ3n) is 4.26. The number of anilines is 1. The minimum absolute atomic E-state index is 0.319. The van der Waals surface area contributed by atoms with Crippen molar-refractivity contribution >= 4 is 17.5 Å². The molecule has 0 saturated carbocycles. The Bertz CT molecular complexity index is 504. The van der Waals surface area contributed by atoms with Crippen LogP contribution in [0, 0.1) is 0 Å². The maximum absolute atomic E-state index is 12.2. The normalized spacial score (nSPS) is 19.0. The summed E-state index contributed by atoms with van der Waals surface area (Å²) in [5.41, 5.74) is 1.18. The van der Waals surface area contributed by atoms with Crippen LogP contribution >= 0.6 is 0 Å². The van der Waals surface area contributed by atoms with Crippen LogP contribution in [0.2, 0.25) is 0 Å². The fraction of sp³-hybridized carbons (Fsp3) is 0.500. The van der Waals surface area contributed by atoms with Crippen molar-refractivity contribution in [3.05, 3.63) is 30.3 Å². The van der Waals surface area contributed by atoms with E-state index in [1.807, 2.05) is 18.2 Å². The molecule has 0 aliphatic carbocycles. The van der Waals surface area contributed by atoms with Gasteiger partial charge in [-0.2, -0.15) is 0 Å². The minimum Gasteiger partial charge on any atom is -0.368 e. The second-order valence-electron chi connectivity index (χ2n) is 5.61. The van der Waals surface area contributed by atoms with E-state index >= 15 is 0 Å². The highest BCUT2D eigenvalue weighted by Crippen LogP contribution is 2.16. The second kappa shape index (κ2) is 6.16. The molecule has 0 atom stereocenters. The number of likely N-dealkylation sites (tertiary alicyclic amines) is 1. The lowest BCUT2D eigenvalue weighted by molar-refractivity contribution is -0.151. The summed E-state index contributed by atoms with van der Waals surface area (Å²) in [4.78, 5) is 30.0. The summed E-state index contributed by atoms with van der Waals surface area (Å²) >= 11 is 0. The average Bonchev–Trinajstić information content (AvgIpc) is 3.09. The lowest BCUT2D eigenvalue weighted by Crippen LogP contribution is -2.53. The number of hydrogen-bond acceptors (Lipinski definition) is 3. The van der Waals surface area contributed by atoms with Crippen LogP contribution in [0.5, 0.6) is 0 Å². The molecule has 0 unspecified atom stereocenters. The summed E-state index contributed by atoms with van der Waals surface area (Å²) in [6, 6.07) is 10.2. The first-order chi connectivity index (χ1) is 10.3. The number of benzene rings is 1. The molecule has 0 spiro atoms. The van der Waals surface area contributed by atoms with E-state index in [9.17, 15) is 9.59 Å². The molecule has 0 aromatic heterocycles. The lowest BCUT2D eigenvalue weighted by atomic mass is 10.2. The van der Waals surface area contributed by atoms with E-state index in [1.165, 1.54) is 5.69 Å². The number of carbonyl (C=O) groups is 2. The summed E-state index contributed by atoms with van der Waals surface area (Å²) in [5, 5.41) is 0. The van der Waals surface area contributed by atoms with Crippen LogP contribution in [0.25, 0.3) is 0 Å². The molecular weight excluding hydrogens is 266 g/mol. The molecule has 5 heteroatoms. The number of rotatable bonds is 1. The number of piperazine rings is 1. The zero-order valence-electron chi connectivity index (χ0n) is 12.2. The van der Waals surface area contributed by atoms with Gasteiger partial charge in [-0.05, 0) is 25.0 Å². The molecule has 0 N–H and O–H groups in total. The molecule has 2 saturated heterocycles. The standard InChI is InChI=1S/C16H21N3O2/c20-15(18-8-4-5-9-18)16(21)19-12-10-17(11-13-19)14-6-2-1-3-7-14/h1-3,6-7H,4-5,8-13H2. The molecule has 0 bridgehead atoms. The molecule has 1 aromatic rings. The number of hydrogen-bond donors (Lipinski definition) is 0. The summed E-state index contributed by atoms with van der Waals surface area (Å²) in [6.07, 6.45) is 2.03. The van der Waals surface area contributed by atoms with E-state index in [1.54, 1.807) is 9.80 Å². The Morgan fingerprint density at radius 3 is 1.81 bits per heavy atom. The molecule has 1 aromatic carbocycles. The number of amides is 2. The highest BCUT2D eigenvalue weighted by molar-refractivity contribution is 6.35. The fourth-order valence-corrected chi connectivity index (χ4v) is 3.00. The highest BCUT2D eigenvalue weighted by atomic mass is 16.2. The monoisotopic (exact) mass is 287 g/mol. The molecule has 3 rings (SSSR count). The Morgan fingerprint density at radius 2 is 1.24 bits per heavy atom. The van der Waals surface area contributed by atoms with Crippen molar-refractivity contribution in [2.45, 2.75) is 12.8 Å². The number of carbonyl (C=O) groups excluding carboxylic acids is 2. The predicted octanol–water partition coefficient (Wildman–Crippen LogP) is 0.958. The van der Waals surface area contributed by atoms with Gasteiger partial charge in [0.1, 0.15) is 0 Å². The Morgan fingerprint density at radius 1 is 0.714 bits per heavy atom. The van der Waals surface area contributed by atoms with Gasteiger partial charge in [-0.1, -0.05) is 18.2 Å². The van der Waals surface area contributed by atoms with Crippen LogP contribution < -0.4 is 4.90 Å². The smallest absolute Gasteiger partial charge is 0.312 e. The summed E-state index contributed by atoms with van der Waals surface area (Å²) < 4.78 is 0. The minimum atomic E-state index is -0.329. The third kappa shape index (κ3) is 3.01. The van der Waals surface area contributed by atoms with Crippen molar-refractivity contribution in [2.75, 3.05) is 44.2 Å². The summed E-state index contributed by atoms with van der Waals surface area (Å²) in [5.74, 6) is -0.648. The topological polar surface area (TPSA) is 43.9 Å². The quantitative estimate of drug-likeness (QED) is 0.723. The maximum Gasteiger partial charge on any atom is 0.312 e. The molecule has 2 aliphatic rings. The zero-order valence-corrected chi connectivity index (χ0v) is 12.2. The van der Waals surface area contributed by atoms with E-state index < -0.39 is 0 Å². The molecule has 2 heterocycles. The van der Waals surface area contributed by atoms with E-state index in [4.69, 9.17) is 0 Å².